The van der Waals surface area contributed by atoms with Crippen LogP contribution in [0.5, 0.6) is 5.75 Å². The fourth-order valence-corrected chi connectivity index (χ4v) is 2.15. The van der Waals surface area contributed by atoms with Gasteiger partial charge in [-0.15, -0.1) is 0 Å². The number of para-hydroxylation sites is 1. The van der Waals surface area contributed by atoms with Crippen molar-refractivity contribution in [2.75, 3.05) is 26.7 Å². The Labute approximate surface area is 138 Å². The first kappa shape index (κ1) is 19.0. The summed E-state index contributed by atoms with van der Waals surface area (Å²) in [5.74, 6) is -0.0306. The molecule has 0 saturated carbocycles. The van der Waals surface area contributed by atoms with Gasteiger partial charge in [-0.3, -0.25) is 9.59 Å². The molecule has 128 valence electrons. The van der Waals surface area contributed by atoms with Crippen molar-refractivity contribution < 1.29 is 14.3 Å². The molecule has 2 amide bonds. The summed E-state index contributed by atoms with van der Waals surface area (Å²) in [4.78, 5) is 24.7. The van der Waals surface area contributed by atoms with E-state index in [1.165, 1.54) is 7.11 Å². The van der Waals surface area contributed by atoms with E-state index >= 15 is 0 Å². The molecule has 0 aliphatic heterocycles. The number of carbonyl (C=O) groups excluding carboxylic acids is 2. The molecule has 1 rings (SSSR count). The number of nitrogens with one attached hydrogen (secondary N) is 3. The average Bonchev–Trinajstić information content (AvgIpc) is 2.55. The highest BCUT2D eigenvalue weighted by molar-refractivity contribution is 5.99. The summed E-state index contributed by atoms with van der Waals surface area (Å²) < 4.78 is 5.19. The Balaban J connectivity index is 2.71. The van der Waals surface area contributed by atoms with Crippen LogP contribution >= 0.6 is 0 Å². The summed E-state index contributed by atoms with van der Waals surface area (Å²) in [6, 6.07) is 6.36. The lowest BCUT2D eigenvalue weighted by molar-refractivity contribution is -0.123. The van der Waals surface area contributed by atoms with Gasteiger partial charge in [0.1, 0.15) is 11.8 Å². The van der Waals surface area contributed by atoms with E-state index in [0.29, 0.717) is 24.4 Å². The number of methoxy groups -OCH3 is 1. The molecule has 6 nitrogen and oxygen atoms in total. The quantitative estimate of drug-likeness (QED) is 0.597. The van der Waals surface area contributed by atoms with Crippen LogP contribution < -0.4 is 20.7 Å². The lowest BCUT2D eigenvalue weighted by Gasteiger charge is -2.22. The minimum absolute atomic E-state index is 0.0206. The topological polar surface area (TPSA) is 79.5 Å². The molecule has 0 aliphatic carbocycles. The van der Waals surface area contributed by atoms with Gasteiger partial charge in [-0.05, 0) is 24.6 Å². The maximum absolute atomic E-state index is 12.4. The summed E-state index contributed by atoms with van der Waals surface area (Å²) in [7, 11) is 1.51. The van der Waals surface area contributed by atoms with Crippen LogP contribution in [0.15, 0.2) is 24.3 Å². The maximum atomic E-state index is 12.4. The molecule has 23 heavy (non-hydrogen) atoms. The number of rotatable bonds is 9. The van der Waals surface area contributed by atoms with Gasteiger partial charge in [-0.2, -0.15) is 0 Å². The smallest absolute Gasteiger partial charge is 0.255 e. The summed E-state index contributed by atoms with van der Waals surface area (Å²) in [6.07, 6.45) is 0. The van der Waals surface area contributed by atoms with Crippen LogP contribution in [-0.4, -0.2) is 44.6 Å². The standard InChI is InChI=1S/C17H27N3O3/c1-5-18-10-11-19-17(22)15(12(2)3)20-16(21)13-8-6-7-9-14(13)23-4/h6-9,12,15,18H,5,10-11H2,1-4H3,(H,19,22)(H,20,21). The molecule has 6 heteroatoms. The van der Waals surface area contributed by atoms with Crippen molar-refractivity contribution in [3.05, 3.63) is 29.8 Å². The minimum atomic E-state index is -0.589. The second-order valence-corrected chi connectivity index (χ2v) is 5.54. The van der Waals surface area contributed by atoms with Crippen molar-refractivity contribution >= 4 is 11.8 Å². The third-order valence-corrected chi connectivity index (χ3v) is 3.44. The van der Waals surface area contributed by atoms with Crippen LogP contribution in [-0.2, 0) is 4.79 Å². The molecule has 1 aromatic rings. The molecule has 1 aromatic carbocycles. The SMILES string of the molecule is CCNCCNC(=O)C(NC(=O)c1ccccc1OC)C(C)C. The predicted molar refractivity (Wildman–Crippen MR) is 90.6 cm³/mol. The van der Waals surface area contributed by atoms with E-state index in [4.69, 9.17) is 4.74 Å². The van der Waals surface area contributed by atoms with Crippen LogP contribution in [0, 0.1) is 5.92 Å². The molecule has 1 atom stereocenters. The third kappa shape index (κ3) is 5.90. The fraction of sp³-hybridized carbons (Fsp3) is 0.529. The first-order chi connectivity index (χ1) is 11.0. The van der Waals surface area contributed by atoms with Crippen LogP contribution in [0.3, 0.4) is 0 Å². The highest BCUT2D eigenvalue weighted by atomic mass is 16.5. The van der Waals surface area contributed by atoms with Gasteiger partial charge in [-0.25, -0.2) is 0 Å². The molecular weight excluding hydrogens is 294 g/mol. The Morgan fingerprint density at radius 3 is 2.48 bits per heavy atom. The van der Waals surface area contributed by atoms with Crippen molar-refractivity contribution in [1.29, 1.82) is 0 Å². The van der Waals surface area contributed by atoms with E-state index in [1.807, 2.05) is 20.8 Å². The lowest BCUT2D eigenvalue weighted by Crippen LogP contribution is -2.50. The van der Waals surface area contributed by atoms with E-state index in [9.17, 15) is 9.59 Å². The van der Waals surface area contributed by atoms with Gasteiger partial charge in [0.2, 0.25) is 5.91 Å². The number of carbonyl (C=O) groups is 2. The number of amides is 2. The lowest BCUT2D eigenvalue weighted by atomic mass is 10.0. The molecule has 0 fully saturated rings. The zero-order valence-electron chi connectivity index (χ0n) is 14.3. The van der Waals surface area contributed by atoms with Crippen molar-refractivity contribution in [2.24, 2.45) is 5.92 Å². The number of hydrogen-bond donors (Lipinski definition) is 3. The molecule has 0 radical (unpaired) electrons. The third-order valence-electron chi connectivity index (χ3n) is 3.44. The van der Waals surface area contributed by atoms with Gasteiger partial charge in [0.15, 0.2) is 0 Å². The molecule has 0 saturated heterocycles. The number of benzene rings is 1. The molecule has 0 spiro atoms. The maximum Gasteiger partial charge on any atom is 0.255 e. The van der Waals surface area contributed by atoms with Crippen LogP contribution in [0.2, 0.25) is 0 Å². The van der Waals surface area contributed by atoms with E-state index in [0.717, 1.165) is 6.54 Å². The number of hydrogen-bond acceptors (Lipinski definition) is 4. The normalized spacial score (nSPS) is 11.9. The van der Waals surface area contributed by atoms with E-state index in [-0.39, 0.29) is 17.7 Å². The highest BCUT2D eigenvalue weighted by Crippen LogP contribution is 2.17. The Morgan fingerprint density at radius 1 is 1.17 bits per heavy atom. The highest BCUT2D eigenvalue weighted by Gasteiger charge is 2.25. The molecule has 0 aromatic heterocycles. The first-order valence-electron chi connectivity index (χ1n) is 7.93. The second kappa shape index (κ2) is 9.84. The first-order valence-corrected chi connectivity index (χ1v) is 7.93. The van der Waals surface area contributed by atoms with Crippen molar-refractivity contribution in [3.63, 3.8) is 0 Å². The zero-order valence-corrected chi connectivity index (χ0v) is 14.3. The summed E-state index contributed by atoms with van der Waals surface area (Å²) >= 11 is 0. The Morgan fingerprint density at radius 2 is 1.87 bits per heavy atom. The van der Waals surface area contributed by atoms with Gasteiger partial charge >= 0.3 is 0 Å². The minimum Gasteiger partial charge on any atom is -0.496 e. The Kier molecular flexibility index (Phi) is 8.11. The predicted octanol–water partition coefficient (Wildman–Crippen LogP) is 1.18. The Bertz CT molecular complexity index is 518. The van der Waals surface area contributed by atoms with Crippen LogP contribution in [0.25, 0.3) is 0 Å². The van der Waals surface area contributed by atoms with Gasteiger partial charge < -0.3 is 20.7 Å². The fourth-order valence-electron chi connectivity index (χ4n) is 2.15. The van der Waals surface area contributed by atoms with Crippen molar-refractivity contribution in [1.82, 2.24) is 16.0 Å². The van der Waals surface area contributed by atoms with E-state index in [1.54, 1.807) is 24.3 Å². The molecule has 0 bridgehead atoms. The molecule has 1 unspecified atom stereocenters. The summed E-state index contributed by atoms with van der Waals surface area (Å²) in [6.45, 7) is 7.89. The van der Waals surface area contributed by atoms with E-state index in [2.05, 4.69) is 16.0 Å². The molecule has 0 heterocycles. The zero-order chi connectivity index (χ0) is 17.2. The largest absolute Gasteiger partial charge is 0.496 e. The van der Waals surface area contributed by atoms with Crippen molar-refractivity contribution in [3.8, 4) is 5.75 Å². The Hall–Kier alpha value is -2.08. The van der Waals surface area contributed by atoms with Crippen LogP contribution in [0.4, 0.5) is 0 Å². The number of likely N-dealkylation sites (N-methyl/N-ethyl adjacent to an activating group) is 1. The summed E-state index contributed by atoms with van der Waals surface area (Å²) in [5, 5.41) is 8.77. The molecule has 0 aliphatic rings. The molecular formula is C17H27N3O3. The molecule has 3 N–H and O–H groups in total. The summed E-state index contributed by atoms with van der Waals surface area (Å²) in [5.41, 5.74) is 0.418. The van der Waals surface area contributed by atoms with Gasteiger partial charge in [-0.1, -0.05) is 32.9 Å². The second-order valence-electron chi connectivity index (χ2n) is 5.54. The van der Waals surface area contributed by atoms with Crippen molar-refractivity contribution in [2.45, 2.75) is 26.8 Å². The van der Waals surface area contributed by atoms with Crippen LogP contribution in [0.1, 0.15) is 31.1 Å². The van der Waals surface area contributed by atoms with Gasteiger partial charge in [0.25, 0.3) is 5.91 Å². The monoisotopic (exact) mass is 321 g/mol. The van der Waals surface area contributed by atoms with Gasteiger partial charge in [0.05, 0.1) is 12.7 Å². The van der Waals surface area contributed by atoms with Gasteiger partial charge in [0, 0.05) is 13.1 Å². The number of ether oxygens (including phenoxy) is 1. The van der Waals surface area contributed by atoms with E-state index < -0.39 is 6.04 Å². The average molecular weight is 321 g/mol.